The van der Waals surface area contributed by atoms with Gasteiger partial charge in [0.15, 0.2) is 9.84 Å². The number of carbonyl (C=O) groups excluding carboxylic acids is 1. The summed E-state index contributed by atoms with van der Waals surface area (Å²) in [5.74, 6) is -0.582. The lowest BCUT2D eigenvalue weighted by molar-refractivity contribution is -0.123. The van der Waals surface area contributed by atoms with Gasteiger partial charge in [0.05, 0.1) is 16.3 Å². The van der Waals surface area contributed by atoms with Crippen LogP contribution in [0.2, 0.25) is 0 Å². The van der Waals surface area contributed by atoms with Gasteiger partial charge >= 0.3 is 0 Å². The molecule has 3 N–H and O–H groups in total. The lowest BCUT2D eigenvalue weighted by Gasteiger charge is -2.22. The van der Waals surface area contributed by atoms with Gasteiger partial charge in [0, 0.05) is 35.0 Å². The van der Waals surface area contributed by atoms with Crippen LogP contribution in [0.3, 0.4) is 0 Å². The Labute approximate surface area is 225 Å². The fraction of sp³-hybridized carbons (Fsp3) is 0.290. The number of hydrogen-bond donors (Lipinski definition) is 2. The fourth-order valence-corrected chi connectivity index (χ4v) is 5.21. The van der Waals surface area contributed by atoms with Gasteiger partial charge in [-0.1, -0.05) is 42.5 Å². The van der Waals surface area contributed by atoms with E-state index in [1.807, 2.05) is 58.0 Å². The van der Waals surface area contributed by atoms with E-state index in [4.69, 9.17) is 5.73 Å². The monoisotopic (exact) mass is 529 g/mol. The average Bonchev–Trinajstić information content (AvgIpc) is 2.85. The zero-order valence-corrected chi connectivity index (χ0v) is 23.3. The van der Waals surface area contributed by atoms with E-state index >= 15 is 0 Å². The SMILES string of the molecule is CC(C)NC(=O)C(Cc1cccc(-c2cc(C(C)(C)N)cc3cccnc23)c1)c1ccc(S(C)(=O)=O)cc1. The summed E-state index contributed by atoms with van der Waals surface area (Å²) in [6.07, 6.45) is 3.42. The van der Waals surface area contributed by atoms with Crippen molar-refractivity contribution >= 4 is 26.6 Å². The molecule has 0 aliphatic heterocycles. The molecule has 1 unspecified atom stereocenters. The van der Waals surface area contributed by atoms with Gasteiger partial charge in [-0.2, -0.15) is 0 Å². The fourth-order valence-electron chi connectivity index (χ4n) is 4.58. The second-order valence-electron chi connectivity index (χ2n) is 10.8. The van der Waals surface area contributed by atoms with Crippen molar-refractivity contribution in [3.8, 4) is 11.1 Å². The molecular weight excluding hydrogens is 494 g/mol. The molecule has 3 aromatic carbocycles. The number of nitrogens with one attached hydrogen (secondary N) is 1. The van der Waals surface area contributed by atoms with Crippen LogP contribution < -0.4 is 11.1 Å². The van der Waals surface area contributed by atoms with Gasteiger partial charge in [0.1, 0.15) is 0 Å². The topological polar surface area (TPSA) is 102 Å². The predicted molar refractivity (Wildman–Crippen MR) is 154 cm³/mol. The molecule has 0 fully saturated rings. The van der Waals surface area contributed by atoms with Crippen molar-refractivity contribution in [1.29, 1.82) is 0 Å². The Bertz CT molecular complexity index is 1570. The molecule has 0 radical (unpaired) electrons. The van der Waals surface area contributed by atoms with Crippen LogP contribution >= 0.6 is 0 Å². The number of fused-ring (bicyclic) bond motifs is 1. The Kier molecular flexibility index (Phi) is 7.72. The molecule has 0 aliphatic rings. The number of benzene rings is 3. The molecule has 198 valence electrons. The predicted octanol–water partition coefficient (Wildman–Crippen LogP) is 5.35. The minimum atomic E-state index is -3.33. The minimum absolute atomic E-state index is 0.0218. The van der Waals surface area contributed by atoms with E-state index in [1.165, 1.54) is 6.26 Å². The van der Waals surface area contributed by atoms with Crippen LogP contribution in [0, 0.1) is 0 Å². The summed E-state index contributed by atoms with van der Waals surface area (Å²) in [7, 11) is -3.33. The molecule has 38 heavy (non-hydrogen) atoms. The Hall–Kier alpha value is -3.55. The maximum atomic E-state index is 13.3. The van der Waals surface area contributed by atoms with Crippen LogP contribution in [0.5, 0.6) is 0 Å². The maximum Gasteiger partial charge on any atom is 0.228 e. The molecule has 0 saturated carbocycles. The highest BCUT2D eigenvalue weighted by Gasteiger charge is 2.23. The van der Waals surface area contributed by atoms with E-state index in [1.54, 1.807) is 30.5 Å². The summed E-state index contributed by atoms with van der Waals surface area (Å²) in [6.45, 7) is 7.81. The number of nitrogens with two attached hydrogens (primary N) is 1. The molecule has 1 heterocycles. The van der Waals surface area contributed by atoms with Crippen molar-refractivity contribution < 1.29 is 13.2 Å². The average molecular weight is 530 g/mol. The van der Waals surface area contributed by atoms with Crippen LogP contribution in [0.1, 0.15) is 50.3 Å². The van der Waals surface area contributed by atoms with Gasteiger partial charge in [-0.3, -0.25) is 9.78 Å². The molecule has 4 aromatic rings. The third-order valence-electron chi connectivity index (χ3n) is 6.58. The van der Waals surface area contributed by atoms with Gasteiger partial charge < -0.3 is 11.1 Å². The number of pyridine rings is 1. The van der Waals surface area contributed by atoms with E-state index in [2.05, 4.69) is 28.5 Å². The van der Waals surface area contributed by atoms with E-state index in [0.29, 0.717) is 6.42 Å². The number of aromatic nitrogens is 1. The standard InChI is InChI=1S/C31H35N3O3S/c1-20(2)34-30(35)28(22-11-13-26(14-12-22)38(5,36)37)17-21-8-6-9-23(16-21)27-19-25(31(3,4)32)18-24-10-7-15-33-29(24)27/h6-16,18-20,28H,17,32H2,1-5H3,(H,34,35). The first-order valence-electron chi connectivity index (χ1n) is 12.7. The lowest BCUT2D eigenvalue weighted by Crippen LogP contribution is -2.35. The van der Waals surface area contributed by atoms with Crippen molar-refractivity contribution in [2.45, 2.75) is 56.5 Å². The molecule has 6 nitrogen and oxygen atoms in total. The van der Waals surface area contributed by atoms with Gasteiger partial charge in [-0.05, 0) is 86.7 Å². The first kappa shape index (κ1) is 27.5. The molecular formula is C31H35N3O3S. The Balaban J connectivity index is 1.76. The summed E-state index contributed by atoms with van der Waals surface area (Å²) in [4.78, 5) is 18.2. The highest BCUT2D eigenvalue weighted by molar-refractivity contribution is 7.90. The van der Waals surface area contributed by atoms with Gasteiger partial charge in [0.25, 0.3) is 0 Å². The second-order valence-corrected chi connectivity index (χ2v) is 12.8. The highest BCUT2D eigenvalue weighted by atomic mass is 32.2. The van der Waals surface area contributed by atoms with E-state index in [9.17, 15) is 13.2 Å². The van der Waals surface area contributed by atoms with Crippen molar-refractivity contribution in [3.63, 3.8) is 0 Å². The van der Waals surface area contributed by atoms with Gasteiger partial charge in [-0.25, -0.2) is 8.42 Å². The number of nitrogens with zero attached hydrogens (tertiary/aromatic N) is 1. The molecule has 0 aliphatic carbocycles. The number of amides is 1. The smallest absolute Gasteiger partial charge is 0.228 e. The van der Waals surface area contributed by atoms with E-state index in [0.717, 1.165) is 38.7 Å². The zero-order chi connectivity index (χ0) is 27.7. The summed E-state index contributed by atoms with van der Waals surface area (Å²) < 4.78 is 23.9. The minimum Gasteiger partial charge on any atom is -0.353 e. The largest absolute Gasteiger partial charge is 0.353 e. The maximum absolute atomic E-state index is 13.3. The summed E-state index contributed by atoms with van der Waals surface area (Å²) >= 11 is 0. The van der Waals surface area contributed by atoms with Crippen LogP contribution in [-0.2, 0) is 26.6 Å². The first-order valence-corrected chi connectivity index (χ1v) is 14.6. The van der Waals surface area contributed by atoms with Crippen LogP contribution in [0.15, 0.2) is 83.9 Å². The van der Waals surface area contributed by atoms with Crippen molar-refractivity contribution in [2.24, 2.45) is 5.73 Å². The zero-order valence-electron chi connectivity index (χ0n) is 22.5. The Morgan fingerprint density at radius 3 is 2.34 bits per heavy atom. The van der Waals surface area contributed by atoms with Gasteiger partial charge in [0.2, 0.25) is 5.91 Å². The highest BCUT2D eigenvalue weighted by Crippen LogP contribution is 2.33. The Morgan fingerprint density at radius 1 is 1.00 bits per heavy atom. The molecule has 0 saturated heterocycles. The number of sulfone groups is 1. The van der Waals surface area contributed by atoms with Crippen molar-refractivity contribution in [2.75, 3.05) is 6.26 Å². The molecule has 4 rings (SSSR count). The summed E-state index contributed by atoms with van der Waals surface area (Å²) in [6, 6.07) is 22.9. The molecule has 7 heteroatoms. The van der Waals surface area contributed by atoms with Crippen LogP contribution in [0.25, 0.3) is 22.0 Å². The molecule has 1 amide bonds. The van der Waals surface area contributed by atoms with Crippen molar-refractivity contribution in [3.05, 3.63) is 95.7 Å². The second kappa shape index (κ2) is 10.7. The summed E-state index contributed by atoms with van der Waals surface area (Å²) in [5, 5.41) is 4.04. The van der Waals surface area contributed by atoms with Crippen LogP contribution in [-0.4, -0.2) is 31.6 Å². The van der Waals surface area contributed by atoms with E-state index in [-0.39, 0.29) is 16.8 Å². The Morgan fingerprint density at radius 2 is 1.71 bits per heavy atom. The van der Waals surface area contributed by atoms with E-state index < -0.39 is 21.3 Å². The van der Waals surface area contributed by atoms with Crippen LogP contribution in [0.4, 0.5) is 0 Å². The summed E-state index contributed by atoms with van der Waals surface area (Å²) in [5.41, 5.74) is 11.6. The normalized spacial score (nSPS) is 13.0. The molecule has 0 bridgehead atoms. The third kappa shape index (κ3) is 6.29. The van der Waals surface area contributed by atoms with Gasteiger partial charge in [-0.15, -0.1) is 0 Å². The first-order chi connectivity index (χ1) is 17.8. The number of carbonyl (C=O) groups is 1. The quantitative estimate of drug-likeness (QED) is 0.320. The molecule has 1 atom stereocenters. The van der Waals surface area contributed by atoms with Crippen molar-refractivity contribution in [1.82, 2.24) is 10.3 Å². The number of hydrogen-bond acceptors (Lipinski definition) is 5. The lowest BCUT2D eigenvalue weighted by atomic mass is 9.87. The molecule has 0 spiro atoms. The third-order valence-corrected chi connectivity index (χ3v) is 7.71. The molecule has 1 aromatic heterocycles. The number of rotatable bonds is 8.